The summed E-state index contributed by atoms with van der Waals surface area (Å²) < 4.78 is 0. The van der Waals surface area contributed by atoms with Gasteiger partial charge in [0.1, 0.15) is 0 Å². The zero-order chi connectivity index (χ0) is 18.8. The van der Waals surface area contributed by atoms with Gasteiger partial charge in [-0.1, -0.05) is 6.07 Å². The van der Waals surface area contributed by atoms with Gasteiger partial charge < -0.3 is 15.7 Å². The molecule has 4 N–H and O–H groups in total. The van der Waals surface area contributed by atoms with Crippen molar-refractivity contribution in [1.82, 2.24) is 10.7 Å². The molecule has 0 radical (unpaired) electrons. The second kappa shape index (κ2) is 9.72. The van der Waals surface area contributed by atoms with Crippen LogP contribution in [0.2, 0.25) is 0 Å². The molecule has 3 amide bonds. The average molecular weight is 351 g/mol. The van der Waals surface area contributed by atoms with Crippen LogP contribution in [0.25, 0.3) is 0 Å². The van der Waals surface area contributed by atoms with E-state index < -0.39 is 22.6 Å². The lowest BCUT2D eigenvalue weighted by Gasteiger charge is -2.05. The third kappa shape index (κ3) is 7.18. The number of nitro groups is 1. The topological polar surface area (TPSA) is 163 Å². The Bertz CT molecular complexity index is 703. The first kappa shape index (κ1) is 19.7. The quantitative estimate of drug-likeness (QED) is 0.224. The summed E-state index contributed by atoms with van der Waals surface area (Å²) in [7, 11) is 0. The van der Waals surface area contributed by atoms with Gasteiger partial charge in [-0.15, -0.1) is 0 Å². The number of carbonyl (C=O) groups is 3. The largest absolute Gasteiger partial charge is 0.395 e. The molecule has 0 aromatic heterocycles. The Hall–Kier alpha value is -3.34. The van der Waals surface area contributed by atoms with Gasteiger partial charge in [0.05, 0.1) is 18.0 Å². The molecule has 0 aliphatic heterocycles. The number of anilines is 1. The third-order valence-corrected chi connectivity index (χ3v) is 2.71. The molecule has 1 aromatic carbocycles. The summed E-state index contributed by atoms with van der Waals surface area (Å²) >= 11 is 0. The van der Waals surface area contributed by atoms with E-state index in [0.29, 0.717) is 0 Å². The second-order valence-corrected chi connectivity index (χ2v) is 4.80. The minimum Gasteiger partial charge on any atom is -0.395 e. The smallest absolute Gasteiger partial charge is 0.329 e. The highest BCUT2D eigenvalue weighted by Gasteiger charge is 2.13. The van der Waals surface area contributed by atoms with Gasteiger partial charge in [0.2, 0.25) is 5.91 Å². The number of nitrogens with one attached hydrogen (secondary N) is 3. The summed E-state index contributed by atoms with van der Waals surface area (Å²) in [5, 5.41) is 27.4. The highest BCUT2D eigenvalue weighted by molar-refractivity contribution is 6.35. The number of nitrogens with zero attached hydrogens (tertiary/aromatic N) is 2. The fourth-order valence-corrected chi connectivity index (χ4v) is 1.62. The number of carbonyl (C=O) groups excluding carboxylic acids is 3. The number of aliphatic hydroxyl groups excluding tert-OH is 1. The van der Waals surface area contributed by atoms with Crippen LogP contribution in [0.5, 0.6) is 0 Å². The summed E-state index contributed by atoms with van der Waals surface area (Å²) in [6.07, 6.45) is -0.193. The molecule has 25 heavy (non-hydrogen) atoms. The molecule has 1 aromatic rings. The van der Waals surface area contributed by atoms with E-state index in [0.717, 1.165) is 0 Å². The highest BCUT2D eigenvalue weighted by Crippen LogP contribution is 2.17. The maximum atomic E-state index is 11.8. The van der Waals surface area contributed by atoms with E-state index in [4.69, 9.17) is 5.11 Å². The predicted octanol–water partition coefficient (Wildman–Crippen LogP) is -0.476. The van der Waals surface area contributed by atoms with Gasteiger partial charge in [-0.25, -0.2) is 5.43 Å². The van der Waals surface area contributed by atoms with Crippen LogP contribution < -0.4 is 16.1 Å². The summed E-state index contributed by atoms with van der Waals surface area (Å²) in [6, 6.07) is 5.42. The van der Waals surface area contributed by atoms with Gasteiger partial charge in [0.15, 0.2) is 0 Å². The zero-order valence-electron chi connectivity index (χ0n) is 13.3. The van der Waals surface area contributed by atoms with Gasteiger partial charge in [-0.05, 0) is 13.0 Å². The Kier molecular flexibility index (Phi) is 7.66. The summed E-state index contributed by atoms with van der Waals surface area (Å²) in [5.74, 6) is -2.50. The normalized spacial score (nSPS) is 10.7. The summed E-state index contributed by atoms with van der Waals surface area (Å²) in [4.78, 5) is 44.5. The van der Waals surface area contributed by atoms with Crippen molar-refractivity contribution in [2.45, 2.75) is 13.3 Å². The lowest BCUT2D eigenvalue weighted by atomic mass is 10.2. The van der Waals surface area contributed by atoms with E-state index in [1.165, 1.54) is 31.2 Å². The van der Waals surface area contributed by atoms with Crippen LogP contribution in [0.15, 0.2) is 29.4 Å². The molecule has 0 unspecified atom stereocenters. The Morgan fingerprint density at radius 3 is 2.64 bits per heavy atom. The Morgan fingerprint density at radius 2 is 2.00 bits per heavy atom. The van der Waals surface area contributed by atoms with Crippen LogP contribution in [0.1, 0.15) is 13.3 Å². The Morgan fingerprint density at radius 1 is 1.28 bits per heavy atom. The van der Waals surface area contributed by atoms with E-state index in [1.807, 2.05) is 5.43 Å². The van der Waals surface area contributed by atoms with Crippen LogP contribution >= 0.6 is 0 Å². The van der Waals surface area contributed by atoms with E-state index in [1.54, 1.807) is 0 Å². The predicted molar refractivity (Wildman–Crippen MR) is 87.7 cm³/mol. The van der Waals surface area contributed by atoms with Crippen molar-refractivity contribution < 1.29 is 24.4 Å². The lowest BCUT2D eigenvalue weighted by Crippen LogP contribution is -2.39. The molecule has 0 spiro atoms. The molecule has 0 saturated heterocycles. The number of hydrogen-bond acceptors (Lipinski definition) is 7. The molecule has 11 nitrogen and oxygen atoms in total. The van der Waals surface area contributed by atoms with E-state index in [2.05, 4.69) is 15.7 Å². The molecule has 0 aliphatic carbocycles. The van der Waals surface area contributed by atoms with Gasteiger partial charge in [0, 0.05) is 30.1 Å². The first-order valence-electron chi connectivity index (χ1n) is 7.10. The number of benzene rings is 1. The minimum absolute atomic E-state index is 0.0689. The van der Waals surface area contributed by atoms with Crippen molar-refractivity contribution in [3.63, 3.8) is 0 Å². The van der Waals surface area contributed by atoms with Crippen LogP contribution in [-0.4, -0.2) is 46.6 Å². The van der Waals surface area contributed by atoms with Gasteiger partial charge in [-0.3, -0.25) is 24.5 Å². The highest BCUT2D eigenvalue weighted by atomic mass is 16.6. The molecule has 0 saturated carbocycles. The summed E-state index contributed by atoms with van der Waals surface area (Å²) in [6.45, 7) is 1.08. The Labute approximate surface area is 142 Å². The van der Waals surface area contributed by atoms with Crippen LogP contribution in [0, 0.1) is 10.1 Å². The zero-order valence-corrected chi connectivity index (χ0v) is 13.3. The fraction of sp³-hybridized carbons (Fsp3) is 0.286. The fourth-order valence-electron chi connectivity index (χ4n) is 1.62. The molecule has 1 rings (SSSR count). The summed E-state index contributed by atoms with van der Waals surface area (Å²) in [5.41, 5.74) is 2.27. The average Bonchev–Trinajstić information content (AvgIpc) is 2.57. The van der Waals surface area contributed by atoms with Crippen molar-refractivity contribution in [3.05, 3.63) is 34.4 Å². The first-order valence-corrected chi connectivity index (χ1v) is 7.10. The maximum absolute atomic E-state index is 11.8. The van der Waals surface area contributed by atoms with E-state index in [9.17, 15) is 24.5 Å². The monoisotopic (exact) mass is 351 g/mol. The molecule has 0 atom stereocenters. The number of nitro benzene ring substituents is 1. The molecule has 11 heteroatoms. The lowest BCUT2D eigenvalue weighted by molar-refractivity contribution is -0.384. The second-order valence-electron chi connectivity index (χ2n) is 4.80. The molecule has 134 valence electrons. The van der Waals surface area contributed by atoms with Crippen molar-refractivity contribution in [2.24, 2.45) is 5.10 Å². The minimum atomic E-state index is -1.04. The molecule has 0 fully saturated rings. The van der Waals surface area contributed by atoms with Gasteiger partial charge >= 0.3 is 11.8 Å². The van der Waals surface area contributed by atoms with Crippen molar-refractivity contribution in [2.75, 3.05) is 18.5 Å². The molecule has 0 aliphatic rings. The van der Waals surface area contributed by atoms with Gasteiger partial charge in [0.25, 0.3) is 5.69 Å². The van der Waals surface area contributed by atoms with Crippen molar-refractivity contribution in [1.29, 1.82) is 0 Å². The number of aliphatic hydroxyl groups is 1. The molecule has 0 heterocycles. The van der Waals surface area contributed by atoms with E-state index in [-0.39, 0.29) is 36.7 Å². The number of rotatable bonds is 7. The number of non-ortho nitro benzene ring substituents is 1. The SMILES string of the molecule is CC(CC(=O)Nc1cccc([N+](=O)[O-])c1)=NNC(=O)C(=O)NCCO. The van der Waals surface area contributed by atoms with E-state index >= 15 is 0 Å². The molecular weight excluding hydrogens is 334 g/mol. The maximum Gasteiger partial charge on any atom is 0.329 e. The van der Waals surface area contributed by atoms with Crippen molar-refractivity contribution >= 4 is 34.8 Å². The number of hydrogen-bond donors (Lipinski definition) is 4. The standard InChI is InChI=1S/C14H17N5O6/c1-9(17-18-14(23)13(22)15-5-6-20)7-12(21)16-10-3-2-4-11(8-10)19(24)25/h2-4,8,20H,5-7H2,1H3,(H,15,22)(H,16,21)(H,18,23). The Balaban J connectivity index is 2.53. The first-order chi connectivity index (χ1) is 11.8. The third-order valence-electron chi connectivity index (χ3n) is 2.71. The number of amides is 3. The molecule has 0 bridgehead atoms. The van der Waals surface area contributed by atoms with Crippen LogP contribution in [0.3, 0.4) is 0 Å². The van der Waals surface area contributed by atoms with Gasteiger partial charge in [-0.2, -0.15) is 5.10 Å². The van der Waals surface area contributed by atoms with Crippen molar-refractivity contribution in [3.8, 4) is 0 Å². The molecular formula is C14H17N5O6. The van der Waals surface area contributed by atoms with Crippen LogP contribution in [-0.2, 0) is 14.4 Å². The van der Waals surface area contributed by atoms with Crippen LogP contribution in [0.4, 0.5) is 11.4 Å². The number of hydrazone groups is 1.